The smallest absolute Gasteiger partial charge is 0.0346 e. The van der Waals surface area contributed by atoms with Crippen LogP contribution in [-0.4, -0.2) is 4.98 Å². The van der Waals surface area contributed by atoms with Gasteiger partial charge in [0.2, 0.25) is 0 Å². The van der Waals surface area contributed by atoms with Crippen molar-refractivity contribution >= 4 is 22.6 Å². The summed E-state index contributed by atoms with van der Waals surface area (Å²) in [6.07, 6.45) is 3.67. The van der Waals surface area contributed by atoms with Gasteiger partial charge in [0.05, 0.1) is 0 Å². The lowest BCUT2D eigenvalue weighted by molar-refractivity contribution is 1.33. The number of pyridine rings is 1. The van der Waals surface area contributed by atoms with Gasteiger partial charge in [0.15, 0.2) is 0 Å². The molecule has 1 aromatic carbocycles. The standard InChI is InChI=1S/C11H8IN/c12-11-5-3-9(4-6-11)10-2-1-7-13-8-10/h1-8H. The van der Waals surface area contributed by atoms with Gasteiger partial charge in [-0.25, -0.2) is 0 Å². The van der Waals surface area contributed by atoms with Crippen molar-refractivity contribution in [3.05, 3.63) is 52.4 Å². The first-order chi connectivity index (χ1) is 6.36. The predicted octanol–water partition coefficient (Wildman–Crippen LogP) is 3.35. The van der Waals surface area contributed by atoms with Crippen molar-refractivity contribution in [1.29, 1.82) is 0 Å². The van der Waals surface area contributed by atoms with Gasteiger partial charge < -0.3 is 0 Å². The summed E-state index contributed by atoms with van der Waals surface area (Å²) in [5.74, 6) is 0. The maximum atomic E-state index is 4.08. The van der Waals surface area contributed by atoms with Crippen LogP contribution in [-0.2, 0) is 0 Å². The van der Waals surface area contributed by atoms with Crippen LogP contribution in [0, 0.1) is 3.57 Å². The van der Waals surface area contributed by atoms with Crippen LogP contribution in [0.15, 0.2) is 48.8 Å². The van der Waals surface area contributed by atoms with Crippen LogP contribution < -0.4 is 0 Å². The van der Waals surface area contributed by atoms with Crippen molar-refractivity contribution in [2.45, 2.75) is 0 Å². The topological polar surface area (TPSA) is 12.9 Å². The minimum absolute atomic E-state index is 1.17. The second-order valence-corrected chi connectivity index (χ2v) is 3.99. The van der Waals surface area contributed by atoms with Crippen molar-refractivity contribution in [3.63, 3.8) is 0 Å². The summed E-state index contributed by atoms with van der Waals surface area (Å²) in [4.78, 5) is 4.08. The molecule has 0 saturated heterocycles. The lowest BCUT2D eigenvalue weighted by Crippen LogP contribution is -1.78. The maximum Gasteiger partial charge on any atom is 0.0346 e. The van der Waals surface area contributed by atoms with E-state index in [1.54, 1.807) is 6.20 Å². The van der Waals surface area contributed by atoms with E-state index in [0.717, 1.165) is 0 Å². The van der Waals surface area contributed by atoms with E-state index in [4.69, 9.17) is 0 Å². The van der Waals surface area contributed by atoms with E-state index in [1.165, 1.54) is 14.7 Å². The summed E-state index contributed by atoms with van der Waals surface area (Å²) < 4.78 is 1.25. The molecule has 2 aromatic rings. The van der Waals surface area contributed by atoms with E-state index in [9.17, 15) is 0 Å². The minimum atomic E-state index is 1.17. The van der Waals surface area contributed by atoms with Gasteiger partial charge in [-0.3, -0.25) is 4.98 Å². The molecule has 2 heteroatoms. The molecule has 0 spiro atoms. The summed E-state index contributed by atoms with van der Waals surface area (Å²) in [5.41, 5.74) is 2.38. The fraction of sp³-hybridized carbons (Fsp3) is 0. The summed E-state index contributed by atoms with van der Waals surface area (Å²) in [6, 6.07) is 12.4. The molecule has 1 aromatic heterocycles. The fourth-order valence-electron chi connectivity index (χ4n) is 1.18. The minimum Gasteiger partial charge on any atom is -0.264 e. The number of rotatable bonds is 1. The van der Waals surface area contributed by atoms with E-state index in [2.05, 4.69) is 57.9 Å². The molecule has 0 aliphatic carbocycles. The molecule has 1 nitrogen and oxygen atoms in total. The SMILES string of the molecule is Ic1ccc(-c2cccnc2)cc1. The number of halogens is 1. The van der Waals surface area contributed by atoms with Crippen LogP contribution in [0.5, 0.6) is 0 Å². The van der Waals surface area contributed by atoms with Crippen molar-refractivity contribution in [1.82, 2.24) is 4.98 Å². The third-order valence-corrected chi connectivity index (χ3v) is 2.56. The molecule has 0 radical (unpaired) electrons. The maximum absolute atomic E-state index is 4.08. The molecule has 13 heavy (non-hydrogen) atoms. The van der Waals surface area contributed by atoms with Crippen LogP contribution in [0.25, 0.3) is 11.1 Å². The Balaban J connectivity index is 2.42. The summed E-state index contributed by atoms with van der Waals surface area (Å²) >= 11 is 2.30. The number of aromatic nitrogens is 1. The summed E-state index contributed by atoms with van der Waals surface area (Å²) in [5, 5.41) is 0. The zero-order valence-corrected chi connectivity index (χ0v) is 9.10. The van der Waals surface area contributed by atoms with Crippen molar-refractivity contribution in [3.8, 4) is 11.1 Å². The second-order valence-electron chi connectivity index (χ2n) is 2.75. The molecule has 0 aliphatic heterocycles. The van der Waals surface area contributed by atoms with Crippen molar-refractivity contribution < 1.29 is 0 Å². The van der Waals surface area contributed by atoms with Gasteiger partial charge in [-0.2, -0.15) is 0 Å². The van der Waals surface area contributed by atoms with E-state index in [1.807, 2.05) is 12.3 Å². The highest BCUT2D eigenvalue weighted by Crippen LogP contribution is 2.18. The Kier molecular flexibility index (Phi) is 2.59. The Labute approximate surface area is 91.0 Å². The highest BCUT2D eigenvalue weighted by atomic mass is 127. The lowest BCUT2D eigenvalue weighted by atomic mass is 10.1. The van der Waals surface area contributed by atoms with Crippen molar-refractivity contribution in [2.24, 2.45) is 0 Å². The molecular weight excluding hydrogens is 273 g/mol. The normalized spacial score (nSPS) is 9.92. The Bertz CT molecular complexity index is 381. The van der Waals surface area contributed by atoms with Gasteiger partial charge in [-0.1, -0.05) is 18.2 Å². The Morgan fingerprint density at radius 3 is 2.31 bits per heavy atom. The molecule has 0 fully saturated rings. The molecular formula is C11H8IN. The van der Waals surface area contributed by atoms with Crippen LogP contribution in [0.3, 0.4) is 0 Å². The first-order valence-electron chi connectivity index (χ1n) is 4.02. The Morgan fingerprint density at radius 2 is 1.69 bits per heavy atom. The quantitative estimate of drug-likeness (QED) is 0.730. The highest BCUT2D eigenvalue weighted by molar-refractivity contribution is 14.1. The molecule has 2 rings (SSSR count). The summed E-state index contributed by atoms with van der Waals surface area (Å²) in [6.45, 7) is 0. The number of benzene rings is 1. The van der Waals surface area contributed by atoms with E-state index < -0.39 is 0 Å². The molecule has 64 valence electrons. The molecule has 0 bridgehead atoms. The average molecular weight is 281 g/mol. The molecule has 0 atom stereocenters. The fourth-order valence-corrected chi connectivity index (χ4v) is 1.54. The van der Waals surface area contributed by atoms with Crippen LogP contribution in [0.1, 0.15) is 0 Å². The third kappa shape index (κ3) is 2.06. The number of nitrogens with zero attached hydrogens (tertiary/aromatic N) is 1. The second kappa shape index (κ2) is 3.87. The average Bonchev–Trinajstić information content (AvgIpc) is 2.20. The van der Waals surface area contributed by atoms with E-state index in [-0.39, 0.29) is 0 Å². The molecule has 0 N–H and O–H groups in total. The summed E-state index contributed by atoms with van der Waals surface area (Å²) in [7, 11) is 0. The molecule has 0 aliphatic rings. The van der Waals surface area contributed by atoms with Crippen LogP contribution >= 0.6 is 22.6 Å². The zero-order valence-electron chi connectivity index (χ0n) is 6.94. The van der Waals surface area contributed by atoms with Gasteiger partial charge in [0, 0.05) is 16.0 Å². The van der Waals surface area contributed by atoms with E-state index >= 15 is 0 Å². The van der Waals surface area contributed by atoms with Gasteiger partial charge in [-0.15, -0.1) is 0 Å². The van der Waals surface area contributed by atoms with Crippen LogP contribution in [0.2, 0.25) is 0 Å². The predicted molar refractivity (Wildman–Crippen MR) is 62.4 cm³/mol. The van der Waals surface area contributed by atoms with Gasteiger partial charge in [-0.05, 0) is 51.9 Å². The third-order valence-electron chi connectivity index (χ3n) is 1.84. The van der Waals surface area contributed by atoms with Gasteiger partial charge >= 0.3 is 0 Å². The van der Waals surface area contributed by atoms with Crippen LogP contribution in [0.4, 0.5) is 0 Å². The largest absolute Gasteiger partial charge is 0.264 e. The van der Waals surface area contributed by atoms with E-state index in [0.29, 0.717) is 0 Å². The Hall–Kier alpha value is -0.900. The first-order valence-corrected chi connectivity index (χ1v) is 5.10. The number of hydrogen-bond acceptors (Lipinski definition) is 1. The van der Waals surface area contributed by atoms with Gasteiger partial charge in [0.25, 0.3) is 0 Å². The molecule has 0 unspecified atom stereocenters. The lowest BCUT2D eigenvalue weighted by Gasteiger charge is -1.99. The highest BCUT2D eigenvalue weighted by Gasteiger charge is 1.95. The zero-order chi connectivity index (χ0) is 9.10. The Morgan fingerprint density at radius 1 is 0.923 bits per heavy atom. The van der Waals surface area contributed by atoms with Crippen molar-refractivity contribution in [2.75, 3.05) is 0 Å². The molecule has 0 amide bonds. The first kappa shape index (κ1) is 8.69. The molecule has 1 heterocycles. The van der Waals surface area contributed by atoms with Gasteiger partial charge in [0.1, 0.15) is 0 Å². The number of hydrogen-bond donors (Lipinski definition) is 0. The monoisotopic (exact) mass is 281 g/mol. The molecule has 0 saturated carbocycles.